The fourth-order valence-corrected chi connectivity index (χ4v) is 0.595. The number of nitrogens with zero attached hydrogens (tertiary/aromatic N) is 1. The van der Waals surface area contributed by atoms with Crippen LogP contribution in [0.4, 0.5) is 0 Å². The molecular formula is C6H13NOS. The summed E-state index contributed by atoms with van der Waals surface area (Å²) >= 11 is 1.54. The number of hydrogen-bond donors (Lipinski definition) is 1. The van der Waals surface area contributed by atoms with Crippen molar-refractivity contribution in [2.75, 3.05) is 6.26 Å². The van der Waals surface area contributed by atoms with Gasteiger partial charge >= 0.3 is 0 Å². The highest BCUT2D eigenvalue weighted by Gasteiger charge is 2.03. The van der Waals surface area contributed by atoms with Crippen LogP contribution in [0.3, 0.4) is 0 Å². The summed E-state index contributed by atoms with van der Waals surface area (Å²) in [6.07, 6.45) is 1.60. The van der Waals surface area contributed by atoms with Crippen molar-refractivity contribution in [2.24, 2.45) is 4.99 Å². The van der Waals surface area contributed by atoms with Gasteiger partial charge in [-0.05, 0) is 20.1 Å². The van der Waals surface area contributed by atoms with Gasteiger partial charge in [0, 0.05) is 0 Å². The van der Waals surface area contributed by atoms with Crippen LogP contribution in [0.1, 0.15) is 13.8 Å². The van der Waals surface area contributed by atoms with Gasteiger partial charge in [0.1, 0.15) is 0 Å². The summed E-state index contributed by atoms with van der Waals surface area (Å²) in [6, 6.07) is 0.0254. The maximum absolute atomic E-state index is 8.92. The topological polar surface area (TPSA) is 32.6 Å². The van der Waals surface area contributed by atoms with Crippen molar-refractivity contribution in [3.63, 3.8) is 0 Å². The molecule has 0 spiro atoms. The second-order valence-electron chi connectivity index (χ2n) is 1.97. The fraction of sp³-hybridized carbons (Fsp3) is 0.833. The quantitative estimate of drug-likeness (QED) is 0.479. The third-order valence-corrected chi connectivity index (χ3v) is 1.43. The molecule has 0 aliphatic rings. The zero-order chi connectivity index (χ0) is 7.28. The fourth-order valence-electron chi connectivity index (χ4n) is 0.281. The van der Waals surface area contributed by atoms with E-state index in [0.29, 0.717) is 0 Å². The third kappa shape index (κ3) is 4.48. The summed E-state index contributed by atoms with van der Waals surface area (Å²) in [7, 11) is 0. The molecule has 0 radical (unpaired) electrons. The zero-order valence-electron chi connectivity index (χ0n) is 6.03. The Balaban J connectivity index is 3.48. The highest BCUT2D eigenvalue weighted by Crippen LogP contribution is 1.97. The second kappa shape index (κ2) is 4.82. The SMILES string of the molecule is CS/C=N\[C@H](C)C(C)O. The van der Waals surface area contributed by atoms with Crippen molar-refractivity contribution in [1.82, 2.24) is 0 Å². The number of hydrogen-bond acceptors (Lipinski definition) is 3. The Morgan fingerprint density at radius 2 is 2.11 bits per heavy atom. The largest absolute Gasteiger partial charge is 0.391 e. The molecule has 0 fully saturated rings. The zero-order valence-corrected chi connectivity index (χ0v) is 6.85. The van der Waals surface area contributed by atoms with E-state index >= 15 is 0 Å². The number of aliphatic hydroxyl groups is 1. The summed E-state index contributed by atoms with van der Waals surface area (Å²) in [6.45, 7) is 3.62. The van der Waals surface area contributed by atoms with Crippen molar-refractivity contribution in [1.29, 1.82) is 0 Å². The van der Waals surface area contributed by atoms with Crippen molar-refractivity contribution in [3.05, 3.63) is 0 Å². The van der Waals surface area contributed by atoms with Crippen LogP contribution in [-0.2, 0) is 0 Å². The molecule has 9 heavy (non-hydrogen) atoms. The summed E-state index contributed by atoms with van der Waals surface area (Å²) in [5.74, 6) is 0. The lowest BCUT2D eigenvalue weighted by molar-refractivity contribution is 0.172. The minimum absolute atomic E-state index is 0.0254. The Morgan fingerprint density at radius 1 is 1.56 bits per heavy atom. The number of rotatable bonds is 3. The molecule has 0 aromatic rings. The maximum Gasteiger partial charge on any atom is 0.0733 e. The van der Waals surface area contributed by atoms with Crippen LogP contribution in [0.25, 0.3) is 0 Å². The first-order valence-electron chi connectivity index (χ1n) is 2.91. The Hall–Kier alpha value is -0.0200. The summed E-state index contributed by atoms with van der Waals surface area (Å²) in [5, 5.41) is 8.92. The van der Waals surface area contributed by atoms with Crippen LogP contribution in [0, 0.1) is 0 Å². The van der Waals surface area contributed by atoms with E-state index in [1.54, 1.807) is 24.2 Å². The number of thioether (sulfide) groups is 1. The molecule has 0 saturated heterocycles. The molecule has 1 N–H and O–H groups in total. The van der Waals surface area contributed by atoms with Gasteiger partial charge in [0.25, 0.3) is 0 Å². The molecule has 1 unspecified atom stereocenters. The molecule has 0 amide bonds. The monoisotopic (exact) mass is 147 g/mol. The minimum atomic E-state index is -0.339. The van der Waals surface area contributed by atoms with Crippen molar-refractivity contribution in [2.45, 2.75) is 26.0 Å². The summed E-state index contributed by atoms with van der Waals surface area (Å²) < 4.78 is 0. The standard InChI is InChI=1S/C6H13NOS/c1-5(6(2)8)7-4-9-3/h4-6,8H,1-3H3/b7-4-/t5-,6?/m1/s1. The Morgan fingerprint density at radius 3 is 2.44 bits per heavy atom. The Bertz CT molecular complexity index is 93.1. The van der Waals surface area contributed by atoms with Crippen molar-refractivity contribution < 1.29 is 5.11 Å². The van der Waals surface area contributed by atoms with E-state index in [0.717, 1.165) is 0 Å². The molecule has 0 aromatic carbocycles. The van der Waals surface area contributed by atoms with Gasteiger partial charge in [-0.3, -0.25) is 4.99 Å². The average molecular weight is 147 g/mol. The van der Waals surface area contributed by atoms with E-state index in [9.17, 15) is 0 Å². The molecule has 2 atom stereocenters. The van der Waals surface area contributed by atoms with Gasteiger partial charge in [-0.1, -0.05) is 0 Å². The Labute approximate surface area is 60.4 Å². The molecule has 0 saturated carbocycles. The summed E-state index contributed by atoms with van der Waals surface area (Å²) in [4.78, 5) is 4.03. The predicted octanol–water partition coefficient (Wildman–Crippen LogP) is 1.15. The van der Waals surface area contributed by atoms with Crippen LogP contribution in [0.2, 0.25) is 0 Å². The molecule has 0 rings (SSSR count). The predicted molar refractivity (Wildman–Crippen MR) is 43.1 cm³/mol. The van der Waals surface area contributed by atoms with E-state index in [1.165, 1.54) is 0 Å². The lowest BCUT2D eigenvalue weighted by Gasteiger charge is -2.07. The minimum Gasteiger partial charge on any atom is -0.391 e. The molecule has 0 bridgehead atoms. The van der Waals surface area contributed by atoms with Gasteiger partial charge in [-0.2, -0.15) is 0 Å². The van der Waals surface area contributed by atoms with Crippen LogP contribution < -0.4 is 0 Å². The average Bonchev–Trinajstić information content (AvgIpc) is 1.82. The van der Waals surface area contributed by atoms with Gasteiger partial charge in [-0.15, -0.1) is 11.8 Å². The first kappa shape index (κ1) is 8.98. The van der Waals surface area contributed by atoms with Gasteiger partial charge in [0.15, 0.2) is 0 Å². The highest BCUT2D eigenvalue weighted by atomic mass is 32.2. The molecule has 0 aliphatic heterocycles. The van der Waals surface area contributed by atoms with Gasteiger partial charge in [0.2, 0.25) is 0 Å². The first-order chi connectivity index (χ1) is 4.18. The van der Waals surface area contributed by atoms with Crippen LogP contribution >= 0.6 is 11.8 Å². The lowest BCUT2D eigenvalue weighted by Crippen LogP contribution is -2.16. The number of aliphatic imine (C=N–C) groups is 1. The first-order valence-corrected chi connectivity index (χ1v) is 4.19. The highest BCUT2D eigenvalue weighted by molar-refractivity contribution is 8.11. The van der Waals surface area contributed by atoms with E-state index in [-0.39, 0.29) is 12.1 Å². The number of aliphatic hydroxyl groups excluding tert-OH is 1. The lowest BCUT2D eigenvalue weighted by atomic mass is 10.2. The van der Waals surface area contributed by atoms with Crippen LogP contribution in [0.5, 0.6) is 0 Å². The van der Waals surface area contributed by atoms with E-state index in [1.807, 2.05) is 13.2 Å². The second-order valence-corrected chi connectivity index (χ2v) is 2.65. The molecule has 0 aromatic heterocycles. The molecule has 2 nitrogen and oxygen atoms in total. The third-order valence-electron chi connectivity index (χ3n) is 1.10. The Kier molecular flexibility index (Phi) is 4.81. The molecule has 3 heteroatoms. The normalized spacial score (nSPS) is 18.2. The van der Waals surface area contributed by atoms with Gasteiger partial charge in [0.05, 0.1) is 17.7 Å². The van der Waals surface area contributed by atoms with E-state index < -0.39 is 0 Å². The van der Waals surface area contributed by atoms with E-state index in [4.69, 9.17) is 5.11 Å². The van der Waals surface area contributed by atoms with Crippen LogP contribution in [0.15, 0.2) is 4.99 Å². The van der Waals surface area contributed by atoms with Crippen molar-refractivity contribution in [3.8, 4) is 0 Å². The maximum atomic E-state index is 8.92. The molecule has 0 aliphatic carbocycles. The molecule has 54 valence electrons. The van der Waals surface area contributed by atoms with Crippen molar-refractivity contribution >= 4 is 17.3 Å². The molecular weight excluding hydrogens is 134 g/mol. The van der Waals surface area contributed by atoms with Gasteiger partial charge < -0.3 is 5.11 Å². The van der Waals surface area contributed by atoms with Crippen LogP contribution in [-0.4, -0.2) is 29.1 Å². The smallest absolute Gasteiger partial charge is 0.0733 e. The van der Waals surface area contributed by atoms with Gasteiger partial charge in [-0.25, -0.2) is 0 Å². The molecule has 0 heterocycles. The summed E-state index contributed by atoms with van der Waals surface area (Å²) in [5.41, 5.74) is 1.75. The van der Waals surface area contributed by atoms with E-state index in [2.05, 4.69) is 4.99 Å².